The van der Waals surface area contributed by atoms with Crippen LogP contribution in [0.4, 0.5) is 8.78 Å². The minimum absolute atomic E-state index is 0.0532. The van der Waals surface area contributed by atoms with E-state index in [0.717, 1.165) is 22.3 Å². The second kappa shape index (κ2) is 10.4. The third-order valence-corrected chi connectivity index (χ3v) is 6.24. The lowest BCUT2D eigenvalue weighted by Crippen LogP contribution is -2.50. The Hall–Kier alpha value is -3.59. The van der Waals surface area contributed by atoms with Crippen molar-refractivity contribution in [3.8, 4) is 23.0 Å². The van der Waals surface area contributed by atoms with E-state index in [2.05, 4.69) is 28.2 Å². The van der Waals surface area contributed by atoms with Gasteiger partial charge >= 0.3 is 12.0 Å². The molecule has 0 radical (unpaired) electrons. The summed E-state index contributed by atoms with van der Waals surface area (Å²) in [5.41, 5.74) is 4.80. The fourth-order valence-corrected chi connectivity index (χ4v) is 4.27. The third kappa shape index (κ3) is 5.74. The summed E-state index contributed by atoms with van der Waals surface area (Å²) in [4.78, 5) is 21.6. The van der Waals surface area contributed by atoms with Gasteiger partial charge in [-0.3, -0.25) is 9.69 Å². The van der Waals surface area contributed by atoms with Gasteiger partial charge in [0.15, 0.2) is 0 Å². The van der Waals surface area contributed by atoms with Gasteiger partial charge in [-0.1, -0.05) is 48.5 Å². The van der Waals surface area contributed by atoms with E-state index in [4.69, 9.17) is 9.47 Å². The monoisotopic (exact) mass is 483 g/mol. The van der Waals surface area contributed by atoms with Gasteiger partial charge in [0, 0.05) is 37.7 Å². The van der Waals surface area contributed by atoms with Crippen LogP contribution in [0.25, 0.3) is 11.1 Å². The summed E-state index contributed by atoms with van der Waals surface area (Å²) in [7, 11) is 1.43. The van der Waals surface area contributed by atoms with Gasteiger partial charge in [-0.15, -0.1) is 0 Å². The summed E-state index contributed by atoms with van der Waals surface area (Å²) in [6, 6.07) is 14.9. The minimum atomic E-state index is -2.99. The number of likely N-dealkylation sites (tertiary alicyclic amines) is 1. The minimum Gasteiger partial charge on any atom is -0.481 e. The van der Waals surface area contributed by atoms with Crippen molar-refractivity contribution in [2.24, 2.45) is 0 Å². The molecule has 1 aliphatic rings. The average molecular weight is 484 g/mol. The largest absolute Gasteiger partial charge is 0.481 e. The van der Waals surface area contributed by atoms with Crippen LogP contribution in [0.1, 0.15) is 29.5 Å². The van der Waals surface area contributed by atoms with Gasteiger partial charge in [-0.2, -0.15) is 4.98 Å². The summed E-state index contributed by atoms with van der Waals surface area (Å²) < 4.78 is 38.7. The number of methoxy groups -OCH3 is 1. The average Bonchev–Trinajstić information content (AvgIpc) is 2.85. The van der Waals surface area contributed by atoms with E-state index in [-0.39, 0.29) is 31.6 Å². The van der Waals surface area contributed by atoms with Gasteiger partial charge in [0.05, 0.1) is 7.11 Å². The van der Waals surface area contributed by atoms with Gasteiger partial charge in [-0.05, 0) is 29.2 Å². The molecular formula is C26H27F2N3O4. The van der Waals surface area contributed by atoms with Crippen molar-refractivity contribution < 1.29 is 28.2 Å². The molecular weight excluding hydrogens is 456 g/mol. The molecule has 7 nitrogen and oxygen atoms in total. The smallest absolute Gasteiger partial charge is 0.321 e. The zero-order valence-corrected chi connectivity index (χ0v) is 19.6. The van der Waals surface area contributed by atoms with E-state index in [1.807, 2.05) is 37.3 Å². The van der Waals surface area contributed by atoms with E-state index < -0.39 is 30.8 Å². The maximum absolute atomic E-state index is 13.7. The second-order valence-corrected chi connectivity index (χ2v) is 8.57. The summed E-state index contributed by atoms with van der Waals surface area (Å²) in [6.07, 6.45) is 0.358. The molecule has 0 bridgehead atoms. The molecule has 3 aromatic rings. The van der Waals surface area contributed by atoms with Crippen LogP contribution in [0.2, 0.25) is 0 Å². The number of hydrogen-bond acceptors (Lipinski definition) is 6. The summed E-state index contributed by atoms with van der Waals surface area (Å²) in [5, 5.41) is 9.42. The molecule has 1 fully saturated rings. The number of hydrogen-bond donors (Lipinski definition) is 1. The Labute approximate surface area is 202 Å². The van der Waals surface area contributed by atoms with E-state index in [1.165, 1.54) is 18.2 Å². The van der Waals surface area contributed by atoms with Crippen molar-refractivity contribution in [2.45, 2.75) is 44.9 Å². The molecule has 0 unspecified atom stereocenters. The molecule has 2 heterocycles. The third-order valence-electron chi connectivity index (χ3n) is 6.24. The predicted molar refractivity (Wildman–Crippen MR) is 126 cm³/mol. The first-order chi connectivity index (χ1) is 16.8. The topological polar surface area (TPSA) is 84.8 Å². The maximum Gasteiger partial charge on any atom is 0.321 e. The number of piperidine rings is 1. The van der Waals surface area contributed by atoms with Gasteiger partial charge in [0.1, 0.15) is 12.6 Å². The first-order valence-corrected chi connectivity index (χ1v) is 11.3. The molecule has 9 heteroatoms. The Bertz CT molecular complexity index is 1190. The van der Waals surface area contributed by atoms with Gasteiger partial charge in [-0.25, -0.2) is 13.8 Å². The molecule has 1 atom stereocenters. The van der Waals surface area contributed by atoms with Crippen molar-refractivity contribution in [1.29, 1.82) is 0 Å². The second-order valence-electron chi connectivity index (χ2n) is 8.57. The first-order valence-electron chi connectivity index (χ1n) is 11.3. The highest BCUT2D eigenvalue weighted by atomic mass is 19.3. The molecule has 35 heavy (non-hydrogen) atoms. The molecule has 184 valence electrons. The number of carboxylic acids is 1. The lowest BCUT2D eigenvalue weighted by molar-refractivity contribution is -0.154. The van der Waals surface area contributed by atoms with Gasteiger partial charge in [0.25, 0.3) is 5.92 Å². The number of benzene rings is 2. The van der Waals surface area contributed by atoms with E-state index >= 15 is 0 Å². The summed E-state index contributed by atoms with van der Waals surface area (Å²) >= 11 is 0. The molecule has 0 aliphatic carbocycles. The van der Waals surface area contributed by atoms with Crippen molar-refractivity contribution >= 4 is 5.97 Å². The van der Waals surface area contributed by atoms with Crippen LogP contribution in [0.3, 0.4) is 0 Å². The van der Waals surface area contributed by atoms with E-state index in [9.17, 15) is 18.7 Å². The Morgan fingerprint density at radius 1 is 1.17 bits per heavy atom. The Kier molecular flexibility index (Phi) is 7.25. The van der Waals surface area contributed by atoms with E-state index in [1.54, 1.807) is 0 Å². The number of aliphatic carboxylic acids is 1. The van der Waals surface area contributed by atoms with Crippen LogP contribution in [0, 0.1) is 6.92 Å². The molecule has 1 aromatic heterocycles. The molecule has 1 N–H and O–H groups in total. The number of nitrogens with zero attached hydrogens (tertiary/aromatic N) is 3. The number of aromatic nitrogens is 2. The predicted octanol–water partition coefficient (Wildman–Crippen LogP) is 4.72. The van der Waals surface area contributed by atoms with Crippen LogP contribution in [-0.2, 0) is 17.9 Å². The van der Waals surface area contributed by atoms with Gasteiger partial charge in [0.2, 0.25) is 5.88 Å². The quantitative estimate of drug-likeness (QED) is 0.496. The summed E-state index contributed by atoms with van der Waals surface area (Å²) in [5.74, 6) is -4.06. The van der Waals surface area contributed by atoms with Crippen molar-refractivity contribution in [1.82, 2.24) is 14.9 Å². The van der Waals surface area contributed by atoms with Crippen molar-refractivity contribution in [3.05, 3.63) is 71.4 Å². The van der Waals surface area contributed by atoms with Crippen LogP contribution >= 0.6 is 0 Å². The normalized spacial score (nSPS) is 17.7. The van der Waals surface area contributed by atoms with Gasteiger partial charge < -0.3 is 14.6 Å². The van der Waals surface area contributed by atoms with Crippen LogP contribution in [0.15, 0.2) is 54.7 Å². The van der Waals surface area contributed by atoms with Crippen LogP contribution < -0.4 is 9.47 Å². The standard InChI is InChI=1S/C26H27F2N3O4/c1-17-19(9-6-10-21(17)18-7-4-3-5-8-18)16-35-25-29-14-20(23(30-25)34-2)15-31-12-11-26(27,28)13-22(31)24(32)33/h3-10,14,22H,11-13,15-16H2,1-2H3,(H,32,33)/t22-/m0/s1. The Morgan fingerprint density at radius 2 is 1.94 bits per heavy atom. The highest BCUT2D eigenvalue weighted by molar-refractivity contribution is 5.73. The van der Waals surface area contributed by atoms with Crippen LogP contribution in [-0.4, -0.2) is 51.6 Å². The molecule has 0 saturated carbocycles. The number of halogens is 2. The zero-order valence-electron chi connectivity index (χ0n) is 19.6. The number of ether oxygens (including phenoxy) is 2. The molecule has 4 rings (SSSR count). The molecule has 1 aliphatic heterocycles. The summed E-state index contributed by atoms with van der Waals surface area (Å²) in [6.45, 7) is 2.31. The molecule has 0 amide bonds. The zero-order chi connectivity index (χ0) is 25.0. The first kappa shape index (κ1) is 24.5. The molecule has 0 spiro atoms. The maximum atomic E-state index is 13.7. The number of carbonyl (C=O) groups is 1. The highest BCUT2D eigenvalue weighted by Gasteiger charge is 2.43. The van der Waals surface area contributed by atoms with E-state index in [0.29, 0.717) is 5.56 Å². The van der Waals surface area contributed by atoms with Crippen molar-refractivity contribution in [2.75, 3.05) is 13.7 Å². The van der Waals surface area contributed by atoms with Crippen LogP contribution in [0.5, 0.6) is 11.9 Å². The molecule has 1 saturated heterocycles. The number of carboxylic acid groups (broad SMARTS) is 1. The van der Waals surface area contributed by atoms with Crippen molar-refractivity contribution in [3.63, 3.8) is 0 Å². The number of rotatable bonds is 8. The SMILES string of the molecule is COc1nc(OCc2cccc(-c3ccccc3)c2C)ncc1CN1CCC(F)(F)C[C@H]1C(=O)O. The lowest BCUT2D eigenvalue weighted by atomic mass is 9.97. The molecule has 2 aromatic carbocycles. The Balaban J connectivity index is 1.47. The Morgan fingerprint density at radius 3 is 2.66 bits per heavy atom. The lowest BCUT2D eigenvalue weighted by Gasteiger charge is -2.36. The number of alkyl halides is 2. The fourth-order valence-electron chi connectivity index (χ4n) is 4.27. The fraction of sp³-hybridized carbons (Fsp3) is 0.346. The highest BCUT2D eigenvalue weighted by Crippen LogP contribution is 2.34.